The predicted molar refractivity (Wildman–Crippen MR) is 106 cm³/mol. The summed E-state index contributed by atoms with van der Waals surface area (Å²) < 4.78 is 0. The number of amides is 2. The van der Waals surface area contributed by atoms with Gasteiger partial charge in [0.1, 0.15) is 0 Å². The van der Waals surface area contributed by atoms with E-state index in [-0.39, 0.29) is 6.03 Å². The van der Waals surface area contributed by atoms with Gasteiger partial charge in [0, 0.05) is 45.8 Å². The van der Waals surface area contributed by atoms with Gasteiger partial charge in [0.05, 0.1) is 0 Å². The molecule has 0 aliphatic carbocycles. The Morgan fingerprint density at radius 2 is 1.85 bits per heavy atom. The van der Waals surface area contributed by atoms with Crippen molar-refractivity contribution in [1.29, 1.82) is 0 Å². The normalized spacial score (nSPS) is 22.3. The molecule has 1 N–H and O–H groups in total. The molecule has 1 aromatic rings. The third-order valence-electron chi connectivity index (χ3n) is 5.81. The van der Waals surface area contributed by atoms with E-state index in [0.29, 0.717) is 5.92 Å². The molecule has 0 spiro atoms. The fourth-order valence-electron chi connectivity index (χ4n) is 4.06. The minimum atomic E-state index is 0.127. The number of hydrogen-bond acceptors (Lipinski definition) is 3. The van der Waals surface area contributed by atoms with Gasteiger partial charge in [0.2, 0.25) is 0 Å². The first kappa shape index (κ1) is 19.2. The van der Waals surface area contributed by atoms with Gasteiger partial charge in [-0.3, -0.25) is 0 Å². The molecule has 0 aromatic heterocycles. The minimum absolute atomic E-state index is 0.127. The van der Waals surface area contributed by atoms with E-state index in [0.717, 1.165) is 58.8 Å². The summed E-state index contributed by atoms with van der Waals surface area (Å²) in [6, 6.07) is 10.8. The molecule has 0 saturated carbocycles. The number of piperidine rings is 1. The van der Waals surface area contributed by atoms with Gasteiger partial charge in [-0.2, -0.15) is 0 Å². The maximum Gasteiger partial charge on any atom is 0.317 e. The summed E-state index contributed by atoms with van der Waals surface area (Å²) in [4.78, 5) is 19.3. The van der Waals surface area contributed by atoms with Crippen molar-refractivity contribution in [3.05, 3.63) is 35.9 Å². The summed E-state index contributed by atoms with van der Waals surface area (Å²) >= 11 is 0. The Hall–Kier alpha value is -1.59. The Bertz CT molecular complexity index is 542. The summed E-state index contributed by atoms with van der Waals surface area (Å²) in [5.74, 6) is 0.584. The van der Waals surface area contributed by atoms with Gasteiger partial charge in [-0.1, -0.05) is 37.3 Å². The van der Waals surface area contributed by atoms with E-state index in [4.69, 9.17) is 0 Å². The standard InChI is InChI=1S/C21H34N4O/c1-2-23-13-15-25(16-14-23)21(26)22-17-20-9-6-11-24(18-20)12-10-19-7-4-3-5-8-19/h3-5,7-8,20H,2,6,9-18H2,1H3,(H,22,26)/t20-/m0/s1. The average molecular weight is 359 g/mol. The van der Waals surface area contributed by atoms with Gasteiger partial charge < -0.3 is 20.0 Å². The Morgan fingerprint density at radius 3 is 2.58 bits per heavy atom. The number of likely N-dealkylation sites (N-methyl/N-ethyl adjacent to an activating group) is 1. The highest BCUT2D eigenvalue weighted by atomic mass is 16.2. The van der Waals surface area contributed by atoms with Crippen molar-refractivity contribution in [2.24, 2.45) is 5.92 Å². The number of nitrogens with zero attached hydrogens (tertiary/aromatic N) is 3. The third kappa shape index (κ3) is 5.71. The Balaban J connectivity index is 1.36. The fraction of sp³-hybridized carbons (Fsp3) is 0.667. The number of piperazine rings is 1. The quantitative estimate of drug-likeness (QED) is 0.848. The maximum atomic E-state index is 12.4. The fourth-order valence-corrected chi connectivity index (χ4v) is 4.06. The molecule has 1 aromatic carbocycles. The summed E-state index contributed by atoms with van der Waals surface area (Å²) in [6.45, 7) is 11.2. The topological polar surface area (TPSA) is 38.8 Å². The number of urea groups is 1. The summed E-state index contributed by atoms with van der Waals surface area (Å²) in [5.41, 5.74) is 1.41. The molecule has 0 unspecified atom stereocenters. The molecular formula is C21H34N4O. The Morgan fingerprint density at radius 1 is 1.08 bits per heavy atom. The molecule has 3 rings (SSSR count). The van der Waals surface area contributed by atoms with Crippen LogP contribution in [0.25, 0.3) is 0 Å². The number of carbonyl (C=O) groups is 1. The molecule has 144 valence electrons. The van der Waals surface area contributed by atoms with Crippen molar-refractivity contribution in [3.8, 4) is 0 Å². The highest BCUT2D eigenvalue weighted by molar-refractivity contribution is 5.74. The van der Waals surface area contributed by atoms with Crippen LogP contribution in [-0.4, -0.2) is 79.6 Å². The lowest BCUT2D eigenvalue weighted by Crippen LogP contribution is -2.52. The summed E-state index contributed by atoms with van der Waals surface area (Å²) in [7, 11) is 0. The largest absolute Gasteiger partial charge is 0.338 e. The van der Waals surface area contributed by atoms with Crippen molar-refractivity contribution in [2.75, 3.05) is 58.9 Å². The minimum Gasteiger partial charge on any atom is -0.338 e. The Labute approximate surface area is 158 Å². The maximum absolute atomic E-state index is 12.4. The van der Waals surface area contributed by atoms with Gasteiger partial charge in [0.15, 0.2) is 0 Å². The van der Waals surface area contributed by atoms with Crippen LogP contribution >= 0.6 is 0 Å². The molecule has 0 bridgehead atoms. The molecule has 1 atom stereocenters. The van der Waals surface area contributed by atoms with Crippen molar-refractivity contribution in [2.45, 2.75) is 26.2 Å². The average Bonchev–Trinajstić information content (AvgIpc) is 2.71. The van der Waals surface area contributed by atoms with Crippen molar-refractivity contribution >= 4 is 6.03 Å². The van der Waals surface area contributed by atoms with E-state index in [9.17, 15) is 4.79 Å². The van der Waals surface area contributed by atoms with E-state index in [1.54, 1.807) is 0 Å². The highest BCUT2D eigenvalue weighted by Gasteiger charge is 2.23. The molecule has 5 heteroatoms. The van der Waals surface area contributed by atoms with E-state index in [1.807, 2.05) is 4.90 Å². The number of likely N-dealkylation sites (tertiary alicyclic amines) is 1. The zero-order valence-corrected chi connectivity index (χ0v) is 16.2. The molecule has 5 nitrogen and oxygen atoms in total. The number of rotatable bonds is 6. The van der Waals surface area contributed by atoms with Crippen LogP contribution in [0.2, 0.25) is 0 Å². The van der Waals surface area contributed by atoms with Crippen LogP contribution in [0.5, 0.6) is 0 Å². The molecule has 0 radical (unpaired) electrons. The van der Waals surface area contributed by atoms with E-state index >= 15 is 0 Å². The molecule has 2 heterocycles. The molecule has 2 aliphatic heterocycles. The lowest BCUT2D eigenvalue weighted by Gasteiger charge is -2.35. The summed E-state index contributed by atoms with van der Waals surface area (Å²) in [5, 5.41) is 3.19. The third-order valence-corrected chi connectivity index (χ3v) is 5.81. The van der Waals surface area contributed by atoms with E-state index in [2.05, 4.69) is 52.4 Å². The lowest BCUT2D eigenvalue weighted by molar-refractivity contribution is 0.137. The Kier molecular flexibility index (Phi) is 7.32. The van der Waals surface area contributed by atoms with Gasteiger partial charge in [-0.05, 0) is 43.8 Å². The molecule has 2 aliphatic rings. The first-order valence-electron chi connectivity index (χ1n) is 10.3. The van der Waals surface area contributed by atoms with Crippen LogP contribution < -0.4 is 5.32 Å². The zero-order valence-electron chi connectivity index (χ0n) is 16.2. The van der Waals surface area contributed by atoms with Gasteiger partial charge >= 0.3 is 6.03 Å². The van der Waals surface area contributed by atoms with Crippen molar-refractivity contribution in [1.82, 2.24) is 20.0 Å². The van der Waals surface area contributed by atoms with Crippen LogP contribution in [0.15, 0.2) is 30.3 Å². The van der Waals surface area contributed by atoms with Gasteiger partial charge in [-0.25, -0.2) is 4.79 Å². The van der Waals surface area contributed by atoms with Crippen LogP contribution in [0.3, 0.4) is 0 Å². The lowest BCUT2D eigenvalue weighted by atomic mass is 9.97. The summed E-state index contributed by atoms with van der Waals surface area (Å²) in [6.07, 6.45) is 3.58. The predicted octanol–water partition coefficient (Wildman–Crippen LogP) is 2.29. The SMILES string of the molecule is CCN1CCN(C(=O)NC[C@@H]2CCCN(CCc3ccccc3)C2)CC1. The second kappa shape index (κ2) is 9.93. The number of hydrogen-bond donors (Lipinski definition) is 1. The van der Waals surface area contributed by atoms with Crippen LogP contribution in [0, 0.1) is 5.92 Å². The molecule has 2 saturated heterocycles. The molecule has 2 amide bonds. The number of nitrogens with one attached hydrogen (secondary N) is 1. The van der Waals surface area contributed by atoms with Crippen LogP contribution in [-0.2, 0) is 6.42 Å². The van der Waals surface area contributed by atoms with Gasteiger partial charge in [0.25, 0.3) is 0 Å². The molecular weight excluding hydrogens is 324 g/mol. The highest BCUT2D eigenvalue weighted by Crippen LogP contribution is 2.16. The molecule has 26 heavy (non-hydrogen) atoms. The zero-order chi connectivity index (χ0) is 18.2. The van der Waals surface area contributed by atoms with E-state index < -0.39 is 0 Å². The van der Waals surface area contributed by atoms with E-state index in [1.165, 1.54) is 24.9 Å². The van der Waals surface area contributed by atoms with Crippen molar-refractivity contribution in [3.63, 3.8) is 0 Å². The monoisotopic (exact) mass is 358 g/mol. The van der Waals surface area contributed by atoms with Crippen molar-refractivity contribution < 1.29 is 4.79 Å². The smallest absolute Gasteiger partial charge is 0.317 e. The number of carbonyl (C=O) groups excluding carboxylic acids is 1. The first-order valence-corrected chi connectivity index (χ1v) is 10.3. The molecule has 2 fully saturated rings. The van der Waals surface area contributed by atoms with Gasteiger partial charge in [-0.15, -0.1) is 0 Å². The second-order valence-electron chi connectivity index (χ2n) is 7.65. The first-order chi connectivity index (χ1) is 12.7. The van der Waals surface area contributed by atoms with Crippen LogP contribution in [0.1, 0.15) is 25.3 Å². The van der Waals surface area contributed by atoms with Crippen LogP contribution in [0.4, 0.5) is 4.79 Å². The second-order valence-corrected chi connectivity index (χ2v) is 7.65. The number of benzene rings is 1.